The first-order valence-corrected chi connectivity index (χ1v) is 4.17. The number of aliphatic hydroxyl groups excluding tert-OH is 2. The number of primary amides is 1. The largest absolute Gasteiger partial charge is 0.384 e. The third kappa shape index (κ3) is 2.41. The fourth-order valence-corrected chi connectivity index (χ4v) is 0.991. The van der Waals surface area contributed by atoms with Crippen LogP contribution in [0.3, 0.4) is 0 Å². The fraction of sp³-hybridized carbons (Fsp3) is 0.250. The van der Waals surface area contributed by atoms with Gasteiger partial charge in [0.05, 0.1) is 10.7 Å². The van der Waals surface area contributed by atoms with Crippen molar-refractivity contribution >= 4 is 17.5 Å². The predicted octanol–water partition coefficient (Wildman–Crippen LogP) is -0.385. The fourth-order valence-electron chi connectivity index (χ4n) is 0.880. The lowest BCUT2D eigenvalue weighted by Gasteiger charge is -2.13. The zero-order valence-electron chi connectivity index (χ0n) is 7.09. The second-order valence-corrected chi connectivity index (χ2v) is 3.13. The zero-order valence-corrected chi connectivity index (χ0v) is 7.85. The first-order chi connectivity index (χ1) is 6.52. The Morgan fingerprint density at radius 1 is 1.50 bits per heavy atom. The molecular formula is C8H9ClN2O3. The van der Waals surface area contributed by atoms with Gasteiger partial charge in [0.2, 0.25) is 5.91 Å². The standard InChI is InChI=1S/C8H9ClN2O3/c9-4-1-2-5(11-3-4)6(12)7(13)8(10)14/h1-3,6-7,12-13H,(H2,10,14). The van der Waals surface area contributed by atoms with Gasteiger partial charge in [-0.1, -0.05) is 11.6 Å². The molecule has 0 saturated carbocycles. The Morgan fingerprint density at radius 2 is 2.14 bits per heavy atom. The van der Waals surface area contributed by atoms with E-state index in [9.17, 15) is 9.90 Å². The first kappa shape index (κ1) is 10.9. The molecule has 1 heterocycles. The first-order valence-electron chi connectivity index (χ1n) is 3.79. The van der Waals surface area contributed by atoms with Gasteiger partial charge in [-0.3, -0.25) is 9.78 Å². The van der Waals surface area contributed by atoms with Crippen LogP contribution in [0.4, 0.5) is 0 Å². The molecule has 1 amide bonds. The van der Waals surface area contributed by atoms with Crippen LogP contribution in [0.25, 0.3) is 0 Å². The molecule has 1 aromatic rings. The second-order valence-electron chi connectivity index (χ2n) is 2.69. The number of aromatic nitrogens is 1. The van der Waals surface area contributed by atoms with Gasteiger partial charge in [0.15, 0.2) is 6.10 Å². The van der Waals surface area contributed by atoms with E-state index in [2.05, 4.69) is 4.98 Å². The van der Waals surface area contributed by atoms with E-state index in [0.29, 0.717) is 5.02 Å². The third-order valence-corrected chi connectivity index (χ3v) is 1.87. The number of carbonyl (C=O) groups is 1. The lowest BCUT2D eigenvalue weighted by Crippen LogP contribution is -2.34. The summed E-state index contributed by atoms with van der Waals surface area (Å²) < 4.78 is 0. The zero-order chi connectivity index (χ0) is 10.7. The number of rotatable bonds is 3. The van der Waals surface area contributed by atoms with Crippen LogP contribution in [0.5, 0.6) is 0 Å². The Labute approximate surface area is 85.1 Å². The number of amides is 1. The lowest BCUT2D eigenvalue weighted by molar-refractivity contribution is -0.132. The Bertz CT molecular complexity index is 328. The van der Waals surface area contributed by atoms with E-state index in [1.54, 1.807) is 0 Å². The summed E-state index contributed by atoms with van der Waals surface area (Å²) in [5.41, 5.74) is 4.94. The molecule has 2 unspecified atom stereocenters. The van der Waals surface area contributed by atoms with E-state index in [-0.39, 0.29) is 5.69 Å². The Hall–Kier alpha value is -1.17. The van der Waals surface area contributed by atoms with Gasteiger partial charge in [0.1, 0.15) is 6.10 Å². The van der Waals surface area contributed by atoms with Crippen LogP contribution in [0, 0.1) is 0 Å². The van der Waals surface area contributed by atoms with Crippen molar-refractivity contribution in [3.63, 3.8) is 0 Å². The summed E-state index contributed by atoms with van der Waals surface area (Å²) in [4.78, 5) is 14.3. The SMILES string of the molecule is NC(=O)C(O)C(O)c1ccc(Cl)cn1. The number of pyridine rings is 1. The molecule has 1 aromatic heterocycles. The van der Waals surface area contributed by atoms with E-state index < -0.39 is 18.1 Å². The van der Waals surface area contributed by atoms with E-state index in [4.69, 9.17) is 22.4 Å². The summed E-state index contributed by atoms with van der Waals surface area (Å²) in [6, 6.07) is 2.89. The van der Waals surface area contributed by atoms with Gasteiger partial charge in [0, 0.05) is 6.20 Å². The number of hydrogen-bond acceptors (Lipinski definition) is 4. The summed E-state index contributed by atoms with van der Waals surface area (Å²) in [7, 11) is 0. The van der Waals surface area contributed by atoms with E-state index in [1.165, 1.54) is 18.3 Å². The molecule has 2 atom stereocenters. The van der Waals surface area contributed by atoms with Crippen molar-refractivity contribution in [3.8, 4) is 0 Å². The maximum absolute atomic E-state index is 10.5. The predicted molar refractivity (Wildman–Crippen MR) is 49.4 cm³/mol. The van der Waals surface area contributed by atoms with E-state index in [1.807, 2.05) is 0 Å². The van der Waals surface area contributed by atoms with Crippen LogP contribution in [-0.4, -0.2) is 27.2 Å². The Morgan fingerprint density at radius 3 is 2.57 bits per heavy atom. The van der Waals surface area contributed by atoms with Crippen LogP contribution in [-0.2, 0) is 4.79 Å². The summed E-state index contributed by atoms with van der Waals surface area (Å²) >= 11 is 5.56. The molecular weight excluding hydrogens is 208 g/mol. The number of nitrogens with two attached hydrogens (primary N) is 1. The minimum atomic E-state index is -1.66. The summed E-state index contributed by atoms with van der Waals surface area (Å²) in [6.07, 6.45) is -1.79. The van der Waals surface area contributed by atoms with Crippen LogP contribution < -0.4 is 5.73 Å². The number of halogens is 1. The third-order valence-electron chi connectivity index (χ3n) is 1.64. The Balaban J connectivity index is 2.84. The maximum Gasteiger partial charge on any atom is 0.249 e. The van der Waals surface area contributed by atoms with Crippen molar-refractivity contribution in [2.75, 3.05) is 0 Å². The normalized spacial score (nSPS) is 14.8. The number of aliphatic hydroxyl groups is 2. The van der Waals surface area contributed by atoms with Crippen LogP contribution >= 0.6 is 11.6 Å². The molecule has 0 fully saturated rings. The van der Waals surface area contributed by atoms with Crippen molar-refractivity contribution in [1.29, 1.82) is 0 Å². The molecule has 0 aliphatic carbocycles. The number of hydrogen-bond donors (Lipinski definition) is 3. The molecule has 6 heteroatoms. The quantitative estimate of drug-likeness (QED) is 0.641. The molecule has 0 bridgehead atoms. The van der Waals surface area contributed by atoms with Crippen LogP contribution in [0.1, 0.15) is 11.8 Å². The molecule has 1 rings (SSSR count). The van der Waals surface area contributed by atoms with Crippen molar-refractivity contribution in [1.82, 2.24) is 4.98 Å². The Kier molecular flexibility index (Phi) is 3.40. The van der Waals surface area contributed by atoms with Gasteiger partial charge >= 0.3 is 0 Å². The smallest absolute Gasteiger partial charge is 0.249 e. The molecule has 4 N–H and O–H groups in total. The van der Waals surface area contributed by atoms with Gasteiger partial charge in [0.25, 0.3) is 0 Å². The highest BCUT2D eigenvalue weighted by Crippen LogP contribution is 2.16. The average Bonchev–Trinajstić information content (AvgIpc) is 2.16. The van der Waals surface area contributed by atoms with Crippen molar-refractivity contribution < 1.29 is 15.0 Å². The molecule has 0 radical (unpaired) electrons. The average molecular weight is 217 g/mol. The lowest BCUT2D eigenvalue weighted by atomic mass is 10.1. The monoisotopic (exact) mass is 216 g/mol. The molecule has 0 aromatic carbocycles. The molecule has 0 aliphatic heterocycles. The molecule has 76 valence electrons. The van der Waals surface area contributed by atoms with Crippen molar-refractivity contribution in [2.24, 2.45) is 5.73 Å². The van der Waals surface area contributed by atoms with Gasteiger partial charge in [-0.25, -0.2) is 0 Å². The highest BCUT2D eigenvalue weighted by Gasteiger charge is 2.24. The summed E-state index contributed by atoms with van der Waals surface area (Å²) in [6.45, 7) is 0. The molecule has 0 aliphatic rings. The highest BCUT2D eigenvalue weighted by molar-refractivity contribution is 6.30. The van der Waals surface area contributed by atoms with Crippen LogP contribution in [0.15, 0.2) is 18.3 Å². The van der Waals surface area contributed by atoms with Gasteiger partial charge in [-0.05, 0) is 12.1 Å². The topological polar surface area (TPSA) is 96.4 Å². The minimum absolute atomic E-state index is 0.140. The summed E-state index contributed by atoms with van der Waals surface area (Å²) in [5, 5.41) is 18.9. The number of nitrogens with zero attached hydrogens (tertiary/aromatic N) is 1. The summed E-state index contributed by atoms with van der Waals surface area (Å²) in [5.74, 6) is -1.01. The van der Waals surface area contributed by atoms with Gasteiger partial charge in [-0.2, -0.15) is 0 Å². The highest BCUT2D eigenvalue weighted by atomic mass is 35.5. The van der Waals surface area contributed by atoms with E-state index in [0.717, 1.165) is 0 Å². The van der Waals surface area contributed by atoms with Crippen molar-refractivity contribution in [2.45, 2.75) is 12.2 Å². The molecule has 0 saturated heterocycles. The van der Waals surface area contributed by atoms with Crippen LogP contribution in [0.2, 0.25) is 5.02 Å². The van der Waals surface area contributed by atoms with E-state index >= 15 is 0 Å². The van der Waals surface area contributed by atoms with Crippen molar-refractivity contribution in [3.05, 3.63) is 29.0 Å². The maximum atomic E-state index is 10.5. The van der Waals surface area contributed by atoms with Gasteiger partial charge in [-0.15, -0.1) is 0 Å². The minimum Gasteiger partial charge on any atom is -0.384 e. The van der Waals surface area contributed by atoms with Gasteiger partial charge < -0.3 is 15.9 Å². The molecule has 14 heavy (non-hydrogen) atoms. The molecule has 5 nitrogen and oxygen atoms in total. The second kappa shape index (κ2) is 4.36. The number of carbonyl (C=O) groups excluding carboxylic acids is 1. The molecule has 0 spiro atoms.